The summed E-state index contributed by atoms with van der Waals surface area (Å²) in [6.45, 7) is 8.81. The maximum atomic E-state index is 5.47. The Kier molecular flexibility index (Phi) is 5.35. The molecule has 0 amide bonds. The van der Waals surface area contributed by atoms with Crippen molar-refractivity contribution in [1.29, 1.82) is 0 Å². The molecule has 2 unspecified atom stereocenters. The molecular formula is C10H20O3. The van der Waals surface area contributed by atoms with Crippen LogP contribution in [0.2, 0.25) is 0 Å². The number of rotatable bonds is 0. The van der Waals surface area contributed by atoms with Gasteiger partial charge >= 0.3 is 0 Å². The first-order chi connectivity index (χ1) is 6.30. The lowest BCUT2D eigenvalue weighted by Gasteiger charge is -2.18. The molecular weight excluding hydrogens is 168 g/mol. The van der Waals surface area contributed by atoms with E-state index < -0.39 is 0 Å². The number of ether oxygens (including phenoxy) is 3. The van der Waals surface area contributed by atoms with Crippen molar-refractivity contribution >= 4 is 0 Å². The first-order valence-corrected chi connectivity index (χ1v) is 5.04. The van der Waals surface area contributed by atoms with Crippen LogP contribution in [0.5, 0.6) is 0 Å². The molecule has 1 fully saturated rings. The van der Waals surface area contributed by atoms with E-state index in [1.807, 2.05) is 0 Å². The summed E-state index contributed by atoms with van der Waals surface area (Å²) in [4.78, 5) is 0. The molecule has 0 spiro atoms. The topological polar surface area (TPSA) is 27.7 Å². The minimum absolute atomic E-state index is 0.568. The Balaban J connectivity index is 2.26. The summed E-state index contributed by atoms with van der Waals surface area (Å²) in [5.41, 5.74) is 0. The standard InChI is InChI=1S/C10H20O3/c1-9-7-12-5-3-11-4-6-13-8-10(9)2/h9-10H,3-8H2,1-2H3. The molecule has 0 aromatic heterocycles. The average molecular weight is 188 g/mol. The third-order valence-electron chi connectivity index (χ3n) is 2.48. The van der Waals surface area contributed by atoms with E-state index >= 15 is 0 Å². The normalized spacial score (nSPS) is 33.7. The molecule has 2 atom stereocenters. The minimum atomic E-state index is 0.568. The molecule has 78 valence electrons. The zero-order valence-corrected chi connectivity index (χ0v) is 8.62. The summed E-state index contributed by atoms with van der Waals surface area (Å²) < 4.78 is 16.2. The Labute approximate surface area is 80.4 Å². The summed E-state index contributed by atoms with van der Waals surface area (Å²) >= 11 is 0. The molecule has 13 heavy (non-hydrogen) atoms. The van der Waals surface area contributed by atoms with E-state index in [2.05, 4.69) is 13.8 Å². The fourth-order valence-corrected chi connectivity index (χ4v) is 1.20. The smallest absolute Gasteiger partial charge is 0.0701 e. The predicted octanol–water partition coefficient (Wildman–Crippen LogP) is 1.32. The summed E-state index contributed by atoms with van der Waals surface area (Å²) in [5, 5.41) is 0. The van der Waals surface area contributed by atoms with Gasteiger partial charge in [-0.25, -0.2) is 0 Å². The molecule has 1 aliphatic heterocycles. The lowest BCUT2D eigenvalue weighted by Crippen LogP contribution is -2.19. The summed E-state index contributed by atoms with van der Waals surface area (Å²) in [6, 6.07) is 0. The fourth-order valence-electron chi connectivity index (χ4n) is 1.20. The van der Waals surface area contributed by atoms with E-state index in [9.17, 15) is 0 Å². The van der Waals surface area contributed by atoms with Gasteiger partial charge in [0.2, 0.25) is 0 Å². The van der Waals surface area contributed by atoms with Gasteiger partial charge in [0.05, 0.1) is 26.4 Å². The third-order valence-corrected chi connectivity index (χ3v) is 2.48. The van der Waals surface area contributed by atoms with Crippen molar-refractivity contribution in [2.75, 3.05) is 39.6 Å². The highest BCUT2D eigenvalue weighted by atomic mass is 16.5. The molecule has 1 aliphatic rings. The number of hydrogen-bond donors (Lipinski definition) is 0. The maximum Gasteiger partial charge on any atom is 0.0701 e. The molecule has 1 heterocycles. The van der Waals surface area contributed by atoms with Gasteiger partial charge in [-0.15, -0.1) is 0 Å². The highest BCUT2D eigenvalue weighted by molar-refractivity contribution is 4.60. The Morgan fingerprint density at radius 1 is 0.692 bits per heavy atom. The lowest BCUT2D eigenvalue weighted by atomic mass is 9.98. The van der Waals surface area contributed by atoms with Crippen LogP contribution >= 0.6 is 0 Å². The second-order valence-corrected chi connectivity index (χ2v) is 3.72. The molecule has 0 N–H and O–H groups in total. The van der Waals surface area contributed by atoms with Crippen molar-refractivity contribution in [2.45, 2.75) is 13.8 Å². The van der Waals surface area contributed by atoms with Crippen molar-refractivity contribution < 1.29 is 14.2 Å². The van der Waals surface area contributed by atoms with Gasteiger partial charge in [-0.1, -0.05) is 13.8 Å². The van der Waals surface area contributed by atoms with E-state index in [0.717, 1.165) is 13.2 Å². The zero-order chi connectivity index (χ0) is 9.52. The number of hydrogen-bond acceptors (Lipinski definition) is 3. The van der Waals surface area contributed by atoms with E-state index in [1.54, 1.807) is 0 Å². The van der Waals surface area contributed by atoms with Crippen LogP contribution in [0.4, 0.5) is 0 Å². The molecule has 0 aromatic rings. The quantitative estimate of drug-likeness (QED) is 0.574. The van der Waals surface area contributed by atoms with E-state index in [-0.39, 0.29) is 0 Å². The monoisotopic (exact) mass is 188 g/mol. The summed E-state index contributed by atoms with van der Waals surface area (Å²) in [6.07, 6.45) is 0. The SMILES string of the molecule is CC1COCCOCCOCC1C. The fraction of sp³-hybridized carbons (Fsp3) is 1.00. The van der Waals surface area contributed by atoms with Crippen molar-refractivity contribution in [3.8, 4) is 0 Å². The molecule has 0 radical (unpaired) electrons. The van der Waals surface area contributed by atoms with E-state index in [0.29, 0.717) is 38.3 Å². The summed E-state index contributed by atoms with van der Waals surface area (Å²) in [5.74, 6) is 1.14. The van der Waals surface area contributed by atoms with Crippen LogP contribution < -0.4 is 0 Å². The van der Waals surface area contributed by atoms with Crippen LogP contribution in [0.3, 0.4) is 0 Å². The molecule has 3 heteroatoms. The average Bonchev–Trinajstić information content (AvgIpc) is 2.16. The van der Waals surface area contributed by atoms with Crippen molar-refractivity contribution in [3.05, 3.63) is 0 Å². The highest BCUT2D eigenvalue weighted by Crippen LogP contribution is 2.12. The summed E-state index contributed by atoms with van der Waals surface area (Å²) in [7, 11) is 0. The second kappa shape index (κ2) is 6.35. The highest BCUT2D eigenvalue weighted by Gasteiger charge is 2.13. The van der Waals surface area contributed by atoms with Gasteiger partial charge in [0, 0.05) is 13.2 Å². The van der Waals surface area contributed by atoms with Crippen molar-refractivity contribution in [2.24, 2.45) is 11.8 Å². The van der Waals surface area contributed by atoms with Crippen molar-refractivity contribution in [3.63, 3.8) is 0 Å². The van der Waals surface area contributed by atoms with Crippen LogP contribution in [0.1, 0.15) is 13.8 Å². The van der Waals surface area contributed by atoms with Gasteiger partial charge in [-0.05, 0) is 11.8 Å². The van der Waals surface area contributed by atoms with Gasteiger partial charge in [-0.2, -0.15) is 0 Å². The van der Waals surface area contributed by atoms with Gasteiger partial charge in [0.15, 0.2) is 0 Å². The third kappa shape index (κ3) is 4.60. The Hall–Kier alpha value is -0.120. The Bertz CT molecular complexity index is 113. The Morgan fingerprint density at radius 3 is 1.54 bits per heavy atom. The van der Waals surface area contributed by atoms with Crippen LogP contribution in [0.15, 0.2) is 0 Å². The molecule has 3 nitrogen and oxygen atoms in total. The van der Waals surface area contributed by atoms with Gasteiger partial charge < -0.3 is 14.2 Å². The minimum Gasteiger partial charge on any atom is -0.379 e. The van der Waals surface area contributed by atoms with Crippen LogP contribution in [0, 0.1) is 11.8 Å². The molecule has 0 aliphatic carbocycles. The molecule has 0 saturated carbocycles. The first kappa shape index (κ1) is 11.0. The lowest BCUT2D eigenvalue weighted by molar-refractivity contribution is 0.0235. The molecule has 1 rings (SSSR count). The van der Waals surface area contributed by atoms with E-state index in [4.69, 9.17) is 14.2 Å². The van der Waals surface area contributed by atoms with Crippen LogP contribution in [0.25, 0.3) is 0 Å². The maximum absolute atomic E-state index is 5.47. The van der Waals surface area contributed by atoms with Crippen LogP contribution in [-0.2, 0) is 14.2 Å². The predicted molar refractivity (Wildman–Crippen MR) is 50.8 cm³/mol. The van der Waals surface area contributed by atoms with Crippen molar-refractivity contribution in [1.82, 2.24) is 0 Å². The first-order valence-electron chi connectivity index (χ1n) is 5.04. The Morgan fingerprint density at radius 2 is 1.08 bits per heavy atom. The van der Waals surface area contributed by atoms with Gasteiger partial charge in [0.25, 0.3) is 0 Å². The van der Waals surface area contributed by atoms with Gasteiger partial charge in [0.1, 0.15) is 0 Å². The molecule has 0 bridgehead atoms. The molecule has 1 saturated heterocycles. The second-order valence-electron chi connectivity index (χ2n) is 3.72. The zero-order valence-electron chi connectivity index (χ0n) is 8.62. The van der Waals surface area contributed by atoms with E-state index in [1.165, 1.54) is 0 Å². The van der Waals surface area contributed by atoms with Gasteiger partial charge in [-0.3, -0.25) is 0 Å². The molecule has 0 aromatic carbocycles. The van der Waals surface area contributed by atoms with Crippen LogP contribution in [-0.4, -0.2) is 39.6 Å². The largest absolute Gasteiger partial charge is 0.379 e.